The van der Waals surface area contributed by atoms with Crippen LogP contribution in [0.1, 0.15) is 25.0 Å². The number of fused-ring (bicyclic) bond motifs is 1. The van der Waals surface area contributed by atoms with Crippen LogP contribution in [0.2, 0.25) is 0 Å². The second-order valence-electron chi connectivity index (χ2n) is 5.25. The number of aliphatic carboxylic acids is 1. The zero-order valence-corrected chi connectivity index (χ0v) is 11.4. The number of benzene rings is 1. The molecule has 0 bridgehead atoms. The number of ether oxygens (including phenoxy) is 3. The van der Waals surface area contributed by atoms with Gasteiger partial charge in [-0.25, -0.2) is 0 Å². The monoisotopic (exact) mass is 266 g/mol. The van der Waals surface area contributed by atoms with E-state index >= 15 is 0 Å². The SMILES string of the molecule is COc1cc2c(cc1CC(C)(C)C(=O)O)OCOC2. The van der Waals surface area contributed by atoms with Crippen LogP contribution in [0.3, 0.4) is 0 Å². The Morgan fingerprint density at radius 1 is 1.47 bits per heavy atom. The number of hydrogen-bond donors (Lipinski definition) is 1. The molecule has 0 aliphatic carbocycles. The summed E-state index contributed by atoms with van der Waals surface area (Å²) in [6, 6.07) is 3.70. The van der Waals surface area contributed by atoms with Gasteiger partial charge in [0.1, 0.15) is 11.5 Å². The van der Waals surface area contributed by atoms with Gasteiger partial charge in [-0.3, -0.25) is 4.79 Å². The van der Waals surface area contributed by atoms with Crippen molar-refractivity contribution in [2.75, 3.05) is 13.9 Å². The van der Waals surface area contributed by atoms with Crippen molar-refractivity contribution in [3.05, 3.63) is 23.3 Å². The highest BCUT2D eigenvalue weighted by molar-refractivity contribution is 5.74. The molecule has 1 N–H and O–H groups in total. The smallest absolute Gasteiger partial charge is 0.309 e. The van der Waals surface area contributed by atoms with E-state index in [1.165, 1.54) is 0 Å². The normalized spacial score (nSPS) is 14.5. The van der Waals surface area contributed by atoms with Crippen LogP contribution in [0.4, 0.5) is 0 Å². The van der Waals surface area contributed by atoms with Gasteiger partial charge >= 0.3 is 5.97 Å². The fourth-order valence-electron chi connectivity index (χ4n) is 2.03. The second kappa shape index (κ2) is 5.09. The molecule has 1 heterocycles. The maximum atomic E-state index is 11.2. The van der Waals surface area contributed by atoms with Crippen LogP contribution in [-0.2, 0) is 22.6 Å². The average Bonchev–Trinajstić information content (AvgIpc) is 2.37. The Kier molecular flexibility index (Phi) is 3.66. The van der Waals surface area contributed by atoms with Crippen LogP contribution in [0.25, 0.3) is 0 Å². The molecule has 2 rings (SSSR count). The molecule has 0 unspecified atom stereocenters. The largest absolute Gasteiger partial charge is 0.496 e. The quantitative estimate of drug-likeness (QED) is 0.905. The summed E-state index contributed by atoms with van der Waals surface area (Å²) in [5.41, 5.74) is 0.891. The lowest BCUT2D eigenvalue weighted by Crippen LogP contribution is -2.26. The van der Waals surface area contributed by atoms with Crippen molar-refractivity contribution < 1.29 is 24.1 Å². The Morgan fingerprint density at radius 3 is 2.84 bits per heavy atom. The lowest BCUT2D eigenvalue weighted by atomic mass is 9.85. The van der Waals surface area contributed by atoms with Gasteiger partial charge in [0.15, 0.2) is 6.79 Å². The molecule has 0 fully saturated rings. The minimum absolute atomic E-state index is 0.223. The molecule has 0 saturated heterocycles. The molecule has 0 saturated carbocycles. The number of carboxylic acid groups (broad SMARTS) is 1. The summed E-state index contributed by atoms with van der Waals surface area (Å²) in [5, 5.41) is 9.21. The number of rotatable bonds is 4. The van der Waals surface area contributed by atoms with E-state index in [-0.39, 0.29) is 6.79 Å². The van der Waals surface area contributed by atoms with Crippen molar-refractivity contribution in [3.63, 3.8) is 0 Å². The molecule has 1 aromatic rings. The summed E-state index contributed by atoms with van der Waals surface area (Å²) >= 11 is 0. The van der Waals surface area contributed by atoms with E-state index in [2.05, 4.69) is 0 Å². The molecular weight excluding hydrogens is 248 g/mol. The summed E-state index contributed by atoms with van der Waals surface area (Å²) in [6.45, 7) is 4.09. The summed E-state index contributed by atoms with van der Waals surface area (Å²) in [4.78, 5) is 11.2. The Hall–Kier alpha value is -1.75. The van der Waals surface area contributed by atoms with Crippen molar-refractivity contribution >= 4 is 5.97 Å². The zero-order valence-electron chi connectivity index (χ0n) is 11.4. The molecule has 1 aliphatic rings. The molecule has 19 heavy (non-hydrogen) atoms. The Labute approximate surface area is 112 Å². The summed E-state index contributed by atoms with van der Waals surface area (Å²) in [6.07, 6.45) is 0.378. The molecule has 5 nitrogen and oxygen atoms in total. The van der Waals surface area contributed by atoms with Crippen molar-refractivity contribution in [1.82, 2.24) is 0 Å². The van der Waals surface area contributed by atoms with Crippen LogP contribution in [0.15, 0.2) is 12.1 Å². The second-order valence-corrected chi connectivity index (χ2v) is 5.25. The predicted octanol–water partition coefficient (Wildman–Crippen LogP) is 2.21. The molecular formula is C14H18O5. The van der Waals surface area contributed by atoms with Crippen LogP contribution in [-0.4, -0.2) is 25.0 Å². The number of methoxy groups -OCH3 is 1. The van der Waals surface area contributed by atoms with Gasteiger partial charge < -0.3 is 19.3 Å². The first kappa shape index (κ1) is 13.7. The van der Waals surface area contributed by atoms with Crippen LogP contribution < -0.4 is 9.47 Å². The maximum Gasteiger partial charge on any atom is 0.309 e. The Balaban J connectivity index is 2.36. The molecule has 0 radical (unpaired) electrons. The highest BCUT2D eigenvalue weighted by atomic mass is 16.7. The van der Waals surface area contributed by atoms with Gasteiger partial charge in [-0.1, -0.05) is 0 Å². The number of hydrogen-bond acceptors (Lipinski definition) is 4. The van der Waals surface area contributed by atoms with Gasteiger partial charge in [0, 0.05) is 5.56 Å². The molecule has 104 valence electrons. The van der Waals surface area contributed by atoms with Gasteiger partial charge in [-0.05, 0) is 38.0 Å². The summed E-state index contributed by atoms with van der Waals surface area (Å²) < 4.78 is 15.9. The van der Waals surface area contributed by atoms with Crippen molar-refractivity contribution in [2.45, 2.75) is 26.9 Å². The van der Waals surface area contributed by atoms with Gasteiger partial charge in [-0.2, -0.15) is 0 Å². The maximum absolute atomic E-state index is 11.2. The van der Waals surface area contributed by atoms with Gasteiger partial charge in [-0.15, -0.1) is 0 Å². The van der Waals surface area contributed by atoms with Crippen LogP contribution in [0, 0.1) is 5.41 Å². The molecule has 0 aromatic heterocycles. The first-order valence-electron chi connectivity index (χ1n) is 6.08. The van der Waals surface area contributed by atoms with Crippen molar-refractivity contribution in [2.24, 2.45) is 5.41 Å². The van der Waals surface area contributed by atoms with Crippen LogP contribution >= 0.6 is 0 Å². The minimum Gasteiger partial charge on any atom is -0.496 e. The standard InChI is InChI=1S/C14H18O5/c1-14(2,13(15)16)6-9-4-12-10(5-11(9)17-3)7-18-8-19-12/h4-5H,6-8H2,1-3H3,(H,15,16). The van der Waals surface area contributed by atoms with Gasteiger partial charge in [0.05, 0.1) is 19.1 Å². The molecule has 1 aliphatic heterocycles. The molecule has 0 spiro atoms. The van der Waals surface area contributed by atoms with Crippen LogP contribution in [0.5, 0.6) is 11.5 Å². The van der Waals surface area contributed by atoms with E-state index < -0.39 is 11.4 Å². The third-order valence-corrected chi connectivity index (χ3v) is 3.23. The highest BCUT2D eigenvalue weighted by Gasteiger charge is 2.29. The predicted molar refractivity (Wildman–Crippen MR) is 68.4 cm³/mol. The van der Waals surface area contributed by atoms with E-state index in [4.69, 9.17) is 14.2 Å². The van der Waals surface area contributed by atoms with Crippen molar-refractivity contribution in [3.8, 4) is 11.5 Å². The topological polar surface area (TPSA) is 65.0 Å². The van der Waals surface area contributed by atoms with E-state index in [0.717, 1.165) is 16.9 Å². The lowest BCUT2D eigenvalue weighted by Gasteiger charge is -2.24. The minimum atomic E-state index is -0.854. The van der Waals surface area contributed by atoms with Crippen molar-refractivity contribution in [1.29, 1.82) is 0 Å². The molecule has 1 aromatic carbocycles. The molecule has 0 amide bonds. The Bertz CT molecular complexity index is 493. The highest BCUT2D eigenvalue weighted by Crippen LogP contribution is 2.35. The molecule has 0 atom stereocenters. The third kappa shape index (κ3) is 2.81. The zero-order chi connectivity index (χ0) is 14.0. The summed E-state index contributed by atoms with van der Waals surface area (Å²) in [7, 11) is 1.57. The van der Waals surface area contributed by atoms with E-state index in [9.17, 15) is 9.90 Å². The molecule has 5 heteroatoms. The average molecular weight is 266 g/mol. The first-order valence-corrected chi connectivity index (χ1v) is 6.08. The Morgan fingerprint density at radius 2 is 2.21 bits per heavy atom. The van der Waals surface area contributed by atoms with E-state index in [1.807, 2.05) is 12.1 Å². The number of carboxylic acids is 1. The summed E-state index contributed by atoms with van der Waals surface area (Å²) in [5.74, 6) is 0.571. The fourth-order valence-corrected chi connectivity index (χ4v) is 2.03. The van der Waals surface area contributed by atoms with Gasteiger partial charge in [0.25, 0.3) is 0 Å². The number of carbonyl (C=O) groups is 1. The third-order valence-electron chi connectivity index (χ3n) is 3.23. The van der Waals surface area contributed by atoms with E-state index in [1.54, 1.807) is 21.0 Å². The van der Waals surface area contributed by atoms with E-state index in [0.29, 0.717) is 18.8 Å². The first-order chi connectivity index (χ1) is 8.94. The fraction of sp³-hybridized carbons (Fsp3) is 0.500. The lowest BCUT2D eigenvalue weighted by molar-refractivity contribution is -0.146. The van der Waals surface area contributed by atoms with Gasteiger partial charge in [0.2, 0.25) is 0 Å².